The molecule has 39 heavy (non-hydrogen) atoms. The first-order valence-electron chi connectivity index (χ1n) is 13.3. The number of para-hydroxylation sites is 2. The third-order valence-corrected chi connectivity index (χ3v) is 7.66. The molecule has 7 rings (SSSR count). The molecule has 0 atom stereocenters. The second kappa shape index (κ2) is 9.66. The molecule has 6 aromatic carbocycles. The molecule has 1 aromatic heterocycles. The molecule has 2 nitrogen and oxygen atoms in total. The summed E-state index contributed by atoms with van der Waals surface area (Å²) in [6.45, 7) is 0. The van der Waals surface area contributed by atoms with Crippen LogP contribution in [0.5, 0.6) is 0 Å². The summed E-state index contributed by atoms with van der Waals surface area (Å²) < 4.78 is 2.36. The average Bonchev–Trinajstić information content (AvgIpc) is 3.36. The molecule has 1 heterocycles. The highest BCUT2D eigenvalue weighted by atomic mass is 15.1. The maximum Gasteiger partial charge on any atom is 0.0541 e. The molecule has 0 fully saturated rings. The van der Waals surface area contributed by atoms with Gasteiger partial charge in [-0.05, 0) is 70.8 Å². The van der Waals surface area contributed by atoms with Gasteiger partial charge in [-0.15, -0.1) is 0 Å². The van der Waals surface area contributed by atoms with Crippen molar-refractivity contribution in [2.45, 2.75) is 0 Å². The van der Waals surface area contributed by atoms with Gasteiger partial charge in [-0.2, -0.15) is 0 Å². The Bertz CT molecular complexity index is 1830. The van der Waals surface area contributed by atoms with E-state index in [1.54, 1.807) is 0 Å². The lowest BCUT2D eigenvalue weighted by atomic mass is 10.0. The van der Waals surface area contributed by atoms with E-state index in [-0.39, 0.29) is 0 Å². The zero-order chi connectivity index (χ0) is 26.2. The van der Waals surface area contributed by atoms with Crippen LogP contribution in [0.1, 0.15) is 0 Å². The molecule has 2 heteroatoms. The Morgan fingerprint density at radius 1 is 0.385 bits per heavy atom. The van der Waals surface area contributed by atoms with E-state index in [0.717, 1.165) is 11.4 Å². The van der Waals surface area contributed by atoms with Crippen LogP contribution in [0.4, 0.5) is 11.4 Å². The molecule has 0 spiro atoms. The van der Waals surface area contributed by atoms with E-state index in [0.29, 0.717) is 0 Å². The van der Waals surface area contributed by atoms with Gasteiger partial charge in [0.2, 0.25) is 0 Å². The van der Waals surface area contributed by atoms with Crippen molar-refractivity contribution in [3.05, 3.63) is 152 Å². The molecule has 0 saturated heterocycles. The van der Waals surface area contributed by atoms with E-state index in [4.69, 9.17) is 0 Å². The van der Waals surface area contributed by atoms with Crippen molar-refractivity contribution >= 4 is 33.2 Å². The molecular formula is C37H28N2. The molecule has 0 unspecified atom stereocenters. The minimum Gasteiger partial charge on any atom is -0.345 e. The van der Waals surface area contributed by atoms with E-state index in [1.807, 2.05) is 0 Å². The third-order valence-electron chi connectivity index (χ3n) is 7.66. The van der Waals surface area contributed by atoms with Crippen molar-refractivity contribution in [3.63, 3.8) is 0 Å². The van der Waals surface area contributed by atoms with Crippen LogP contribution in [-0.2, 0) is 0 Å². The lowest BCUT2D eigenvalue weighted by molar-refractivity contribution is 1.18. The summed E-state index contributed by atoms with van der Waals surface area (Å²) in [5.41, 5.74) is 10.8. The Kier molecular flexibility index (Phi) is 5.71. The molecule has 0 saturated carbocycles. The summed E-state index contributed by atoms with van der Waals surface area (Å²) >= 11 is 0. The quantitative estimate of drug-likeness (QED) is 0.228. The number of hydrogen-bond donors (Lipinski definition) is 0. The maximum absolute atomic E-state index is 2.36. The van der Waals surface area contributed by atoms with Crippen molar-refractivity contribution < 1.29 is 0 Å². The maximum atomic E-state index is 2.36. The van der Waals surface area contributed by atoms with E-state index in [9.17, 15) is 0 Å². The van der Waals surface area contributed by atoms with Crippen LogP contribution in [0, 0.1) is 0 Å². The lowest BCUT2D eigenvalue weighted by Gasteiger charge is -2.20. The van der Waals surface area contributed by atoms with Crippen LogP contribution < -0.4 is 4.90 Å². The van der Waals surface area contributed by atoms with E-state index >= 15 is 0 Å². The highest BCUT2D eigenvalue weighted by Gasteiger charge is 2.11. The molecule has 0 amide bonds. The molecule has 0 bridgehead atoms. The van der Waals surface area contributed by atoms with Crippen molar-refractivity contribution in [2.24, 2.45) is 0 Å². The van der Waals surface area contributed by atoms with Gasteiger partial charge in [-0.25, -0.2) is 0 Å². The topological polar surface area (TPSA) is 8.17 Å². The average molecular weight is 501 g/mol. The number of fused-ring (bicyclic) bond motifs is 3. The zero-order valence-electron chi connectivity index (χ0n) is 21.8. The first kappa shape index (κ1) is 23.1. The zero-order valence-corrected chi connectivity index (χ0v) is 21.8. The fourth-order valence-corrected chi connectivity index (χ4v) is 5.54. The Hall–Kier alpha value is -5.08. The number of benzene rings is 6. The number of anilines is 2. The van der Waals surface area contributed by atoms with Gasteiger partial charge in [-0.3, -0.25) is 0 Å². The smallest absolute Gasteiger partial charge is 0.0541 e. The predicted molar refractivity (Wildman–Crippen MR) is 166 cm³/mol. The van der Waals surface area contributed by atoms with Gasteiger partial charge in [0, 0.05) is 34.9 Å². The van der Waals surface area contributed by atoms with Crippen molar-refractivity contribution in [2.75, 3.05) is 11.9 Å². The minimum atomic E-state index is 1.16. The normalized spacial score (nSPS) is 11.2. The predicted octanol–water partition coefficient (Wildman–Crippen LogP) is 9.89. The molecule has 0 radical (unpaired) electrons. The van der Waals surface area contributed by atoms with Crippen LogP contribution in [-0.4, -0.2) is 11.6 Å². The van der Waals surface area contributed by atoms with Crippen molar-refractivity contribution in [1.82, 2.24) is 4.57 Å². The monoisotopic (exact) mass is 500 g/mol. The highest BCUT2D eigenvalue weighted by Crippen LogP contribution is 2.33. The summed E-state index contributed by atoms with van der Waals surface area (Å²) in [7, 11) is 2.12. The fraction of sp³-hybridized carbons (Fsp3) is 0.0270. The Balaban J connectivity index is 1.14. The highest BCUT2D eigenvalue weighted by molar-refractivity contribution is 6.09. The van der Waals surface area contributed by atoms with Crippen LogP contribution in [0.15, 0.2) is 152 Å². The summed E-state index contributed by atoms with van der Waals surface area (Å²) in [6.07, 6.45) is 0. The standard InChI is InChI=1S/C37H28N2/c1-38(31-21-15-28(16-22-31)27-9-3-2-4-10-27)32-23-17-29(18-24-32)30-19-25-33(26-20-30)39-36-13-7-5-11-34(36)35-12-6-8-14-37(35)39/h2-26H,1H3. The SMILES string of the molecule is CN(c1ccc(-c2ccccc2)cc1)c1ccc(-c2ccc(-n3c4ccccc4c4ccccc43)cc2)cc1. The number of rotatable bonds is 5. The summed E-state index contributed by atoms with van der Waals surface area (Å²) in [6, 6.07) is 54.2. The van der Waals surface area contributed by atoms with E-state index in [1.165, 1.54) is 49.7 Å². The van der Waals surface area contributed by atoms with Crippen molar-refractivity contribution in [1.29, 1.82) is 0 Å². The van der Waals surface area contributed by atoms with Gasteiger partial charge < -0.3 is 9.47 Å². The van der Waals surface area contributed by atoms with Crippen LogP contribution in [0.25, 0.3) is 49.7 Å². The summed E-state index contributed by atoms with van der Waals surface area (Å²) in [5.74, 6) is 0. The van der Waals surface area contributed by atoms with Gasteiger partial charge in [0.1, 0.15) is 0 Å². The Morgan fingerprint density at radius 2 is 0.769 bits per heavy atom. The molecule has 0 N–H and O–H groups in total. The van der Waals surface area contributed by atoms with E-state index in [2.05, 4.69) is 168 Å². The molecule has 186 valence electrons. The minimum absolute atomic E-state index is 1.16. The largest absolute Gasteiger partial charge is 0.345 e. The second-order valence-corrected chi connectivity index (χ2v) is 9.94. The molecule has 0 aliphatic heterocycles. The molecule has 0 aliphatic carbocycles. The third kappa shape index (κ3) is 4.17. The van der Waals surface area contributed by atoms with Crippen LogP contribution in [0.3, 0.4) is 0 Å². The molecule has 7 aromatic rings. The first-order valence-corrected chi connectivity index (χ1v) is 13.3. The number of nitrogens with zero attached hydrogens (tertiary/aromatic N) is 2. The van der Waals surface area contributed by atoms with Gasteiger partial charge in [0.05, 0.1) is 11.0 Å². The Labute approximate surface area is 229 Å². The van der Waals surface area contributed by atoms with Crippen molar-refractivity contribution in [3.8, 4) is 27.9 Å². The van der Waals surface area contributed by atoms with Gasteiger partial charge >= 0.3 is 0 Å². The first-order chi connectivity index (χ1) is 19.3. The summed E-state index contributed by atoms with van der Waals surface area (Å²) in [5, 5.41) is 2.57. The molecular weight excluding hydrogens is 472 g/mol. The van der Waals surface area contributed by atoms with Gasteiger partial charge in [0.15, 0.2) is 0 Å². The molecule has 0 aliphatic rings. The number of hydrogen-bond acceptors (Lipinski definition) is 1. The fourth-order valence-electron chi connectivity index (χ4n) is 5.54. The second-order valence-electron chi connectivity index (χ2n) is 9.94. The van der Waals surface area contributed by atoms with E-state index < -0.39 is 0 Å². The summed E-state index contributed by atoms with van der Waals surface area (Å²) in [4.78, 5) is 2.23. The van der Waals surface area contributed by atoms with Crippen LogP contribution in [0.2, 0.25) is 0 Å². The number of aromatic nitrogens is 1. The van der Waals surface area contributed by atoms with Gasteiger partial charge in [0.25, 0.3) is 0 Å². The van der Waals surface area contributed by atoms with Crippen LogP contribution >= 0.6 is 0 Å². The van der Waals surface area contributed by atoms with Gasteiger partial charge in [-0.1, -0.05) is 103 Å². The lowest BCUT2D eigenvalue weighted by Crippen LogP contribution is -2.08. The Morgan fingerprint density at radius 3 is 1.26 bits per heavy atom.